The van der Waals surface area contributed by atoms with E-state index in [-0.39, 0.29) is 16.3 Å². The molecule has 2 aromatic heterocycles. The number of rotatable bonds is 5. The lowest BCUT2D eigenvalue weighted by Gasteiger charge is -2.12. The number of alkyl halides is 3. The van der Waals surface area contributed by atoms with Gasteiger partial charge in [0.25, 0.3) is 0 Å². The van der Waals surface area contributed by atoms with Crippen LogP contribution in [-0.2, 0) is 13.5 Å². The number of nitrogens with zero attached hydrogens (tertiary/aromatic N) is 2. The van der Waals surface area contributed by atoms with Crippen molar-refractivity contribution >= 4 is 28.6 Å². The minimum absolute atomic E-state index is 0.0606. The number of hydrogen-bond acceptors (Lipinski definition) is 3. The van der Waals surface area contributed by atoms with Crippen LogP contribution in [0.5, 0.6) is 5.75 Å². The van der Waals surface area contributed by atoms with Crippen molar-refractivity contribution in [1.82, 2.24) is 9.55 Å². The summed E-state index contributed by atoms with van der Waals surface area (Å²) in [5.41, 5.74) is 2.53. The maximum Gasteiger partial charge on any atom is 0.422 e. The van der Waals surface area contributed by atoms with Gasteiger partial charge in [-0.25, -0.2) is 4.79 Å². The molecule has 3 rings (SSSR count). The Morgan fingerprint density at radius 2 is 2.04 bits per heavy atom. The highest BCUT2D eigenvalue weighted by Crippen LogP contribution is 2.29. The first-order valence-corrected chi connectivity index (χ1v) is 8.18. The average Bonchev–Trinajstić information content (AvgIpc) is 2.90. The number of aromatic nitrogens is 2. The zero-order valence-electron chi connectivity index (χ0n) is 14.0. The van der Waals surface area contributed by atoms with Crippen molar-refractivity contribution in [2.45, 2.75) is 12.6 Å². The second kappa shape index (κ2) is 7.11. The second-order valence-corrected chi connectivity index (χ2v) is 6.34. The topological polar surface area (TPSA) is 64.4 Å². The number of carboxylic acids is 1. The first kappa shape index (κ1) is 19.0. The Kier molecular flexibility index (Phi) is 5.01. The molecule has 0 fully saturated rings. The monoisotopic (exact) mass is 398 g/mol. The van der Waals surface area contributed by atoms with Gasteiger partial charge in [-0.15, -0.1) is 0 Å². The molecule has 3 aromatic rings. The van der Waals surface area contributed by atoms with Gasteiger partial charge in [0, 0.05) is 25.4 Å². The van der Waals surface area contributed by atoms with Gasteiger partial charge >= 0.3 is 12.1 Å². The van der Waals surface area contributed by atoms with E-state index in [1.807, 2.05) is 0 Å². The minimum Gasteiger partial charge on any atom is -0.483 e. The number of ether oxygens (including phenoxy) is 1. The first-order chi connectivity index (χ1) is 12.7. The van der Waals surface area contributed by atoms with E-state index in [0.29, 0.717) is 23.0 Å². The lowest BCUT2D eigenvalue weighted by Crippen LogP contribution is -2.19. The van der Waals surface area contributed by atoms with E-state index in [2.05, 4.69) is 4.98 Å². The van der Waals surface area contributed by atoms with Crippen molar-refractivity contribution in [3.05, 3.63) is 58.4 Å². The van der Waals surface area contributed by atoms with Gasteiger partial charge in [-0.1, -0.05) is 17.7 Å². The van der Waals surface area contributed by atoms with Crippen molar-refractivity contribution in [1.29, 1.82) is 0 Å². The Morgan fingerprint density at radius 1 is 1.30 bits per heavy atom. The third kappa shape index (κ3) is 4.16. The van der Waals surface area contributed by atoms with Crippen LogP contribution in [0.2, 0.25) is 5.02 Å². The standard InChI is InChI=1S/C18H14ClF3N2O3/c1-24-11(8-14-16(24)12(17(25)26)4-5-23-14)6-10-2-3-13(19)15(7-10)27-9-18(20,21)22/h2-5,7-8H,6,9H2,1H3,(H,25,26). The van der Waals surface area contributed by atoms with Crippen molar-refractivity contribution in [2.24, 2.45) is 7.05 Å². The lowest BCUT2D eigenvalue weighted by atomic mass is 10.1. The van der Waals surface area contributed by atoms with Gasteiger partial charge in [-0.2, -0.15) is 13.2 Å². The fourth-order valence-corrected chi connectivity index (χ4v) is 2.98. The molecule has 0 saturated carbocycles. The van der Waals surface area contributed by atoms with Crippen LogP contribution < -0.4 is 4.74 Å². The summed E-state index contributed by atoms with van der Waals surface area (Å²) < 4.78 is 43.6. The number of benzene rings is 1. The minimum atomic E-state index is -4.46. The van der Waals surface area contributed by atoms with Gasteiger partial charge < -0.3 is 14.4 Å². The fourth-order valence-electron chi connectivity index (χ4n) is 2.81. The van der Waals surface area contributed by atoms with E-state index in [9.17, 15) is 23.1 Å². The van der Waals surface area contributed by atoms with E-state index in [0.717, 1.165) is 5.69 Å². The Balaban J connectivity index is 1.93. The van der Waals surface area contributed by atoms with E-state index in [4.69, 9.17) is 16.3 Å². The van der Waals surface area contributed by atoms with Crippen LogP contribution in [0.25, 0.3) is 11.0 Å². The lowest BCUT2D eigenvalue weighted by molar-refractivity contribution is -0.153. The van der Waals surface area contributed by atoms with E-state index in [1.54, 1.807) is 23.7 Å². The van der Waals surface area contributed by atoms with Crippen LogP contribution in [0.1, 0.15) is 21.6 Å². The number of aromatic carboxylic acids is 1. The molecule has 5 nitrogen and oxygen atoms in total. The third-order valence-electron chi connectivity index (χ3n) is 4.02. The number of pyridine rings is 1. The van der Waals surface area contributed by atoms with E-state index >= 15 is 0 Å². The highest BCUT2D eigenvalue weighted by molar-refractivity contribution is 6.32. The predicted molar refractivity (Wildman–Crippen MR) is 93.5 cm³/mol. The van der Waals surface area contributed by atoms with Crippen LogP contribution >= 0.6 is 11.6 Å². The van der Waals surface area contributed by atoms with Gasteiger partial charge in [-0.3, -0.25) is 4.98 Å². The van der Waals surface area contributed by atoms with Crippen LogP contribution in [-0.4, -0.2) is 33.4 Å². The summed E-state index contributed by atoms with van der Waals surface area (Å²) in [4.78, 5) is 15.6. The fraction of sp³-hybridized carbons (Fsp3) is 0.222. The molecule has 0 bridgehead atoms. The molecule has 0 aliphatic heterocycles. The highest BCUT2D eigenvalue weighted by Gasteiger charge is 2.28. The number of hydrogen-bond donors (Lipinski definition) is 1. The van der Waals surface area contributed by atoms with E-state index < -0.39 is 18.8 Å². The summed E-state index contributed by atoms with van der Waals surface area (Å²) in [6, 6.07) is 7.74. The molecule has 1 aromatic carbocycles. The average molecular weight is 399 g/mol. The zero-order chi connectivity index (χ0) is 19.8. The Hall–Kier alpha value is -2.74. The van der Waals surface area contributed by atoms with Crippen molar-refractivity contribution in [3.63, 3.8) is 0 Å². The highest BCUT2D eigenvalue weighted by atomic mass is 35.5. The van der Waals surface area contributed by atoms with Gasteiger partial charge in [0.05, 0.1) is 21.6 Å². The zero-order valence-corrected chi connectivity index (χ0v) is 14.8. The third-order valence-corrected chi connectivity index (χ3v) is 4.34. The molecular formula is C18H14ClF3N2O3. The molecule has 0 amide bonds. The molecular weight excluding hydrogens is 385 g/mol. The number of carboxylic acid groups (broad SMARTS) is 1. The summed E-state index contributed by atoms with van der Waals surface area (Å²) in [5.74, 6) is -1.13. The largest absolute Gasteiger partial charge is 0.483 e. The second-order valence-electron chi connectivity index (χ2n) is 5.94. The van der Waals surface area contributed by atoms with Crippen LogP contribution in [0, 0.1) is 0 Å². The molecule has 9 heteroatoms. The van der Waals surface area contributed by atoms with Crippen LogP contribution in [0.15, 0.2) is 36.5 Å². The van der Waals surface area contributed by atoms with Gasteiger partial charge in [-0.05, 0) is 29.8 Å². The summed E-state index contributed by atoms with van der Waals surface area (Å²) in [7, 11) is 1.71. The molecule has 0 atom stereocenters. The molecule has 0 spiro atoms. The predicted octanol–water partition coefficient (Wildman–Crippen LogP) is 4.46. The van der Waals surface area contributed by atoms with Crippen LogP contribution in [0.4, 0.5) is 13.2 Å². The molecule has 2 heterocycles. The Labute approximate surface area is 157 Å². The maximum absolute atomic E-state index is 12.4. The van der Waals surface area contributed by atoms with Crippen LogP contribution in [0.3, 0.4) is 0 Å². The van der Waals surface area contributed by atoms with E-state index in [1.165, 1.54) is 24.4 Å². The maximum atomic E-state index is 12.4. The van der Waals surface area contributed by atoms with Crippen molar-refractivity contribution < 1.29 is 27.8 Å². The molecule has 1 N–H and O–H groups in total. The normalized spacial score (nSPS) is 11.7. The quantitative estimate of drug-likeness (QED) is 0.689. The summed E-state index contributed by atoms with van der Waals surface area (Å²) in [6.07, 6.45) is -2.71. The molecule has 27 heavy (non-hydrogen) atoms. The number of aryl methyl sites for hydroxylation is 1. The van der Waals surface area contributed by atoms with Crippen molar-refractivity contribution in [2.75, 3.05) is 6.61 Å². The SMILES string of the molecule is Cn1c(Cc2ccc(Cl)c(OCC(F)(F)F)c2)cc2nccc(C(=O)O)c21. The first-order valence-electron chi connectivity index (χ1n) is 7.80. The van der Waals surface area contributed by atoms with Gasteiger partial charge in [0.1, 0.15) is 5.75 Å². The smallest absolute Gasteiger partial charge is 0.422 e. The van der Waals surface area contributed by atoms with Crippen molar-refractivity contribution in [3.8, 4) is 5.75 Å². The Bertz CT molecular complexity index is 1010. The number of halogens is 4. The molecule has 142 valence electrons. The number of carbonyl (C=O) groups is 1. The molecule has 0 radical (unpaired) electrons. The summed E-state index contributed by atoms with van der Waals surface area (Å²) in [5, 5.41) is 9.41. The Morgan fingerprint density at radius 3 is 2.70 bits per heavy atom. The molecule has 0 unspecified atom stereocenters. The summed E-state index contributed by atoms with van der Waals surface area (Å²) in [6.45, 7) is -1.43. The van der Waals surface area contributed by atoms with Gasteiger partial charge in [0.15, 0.2) is 6.61 Å². The molecule has 0 aliphatic rings. The van der Waals surface area contributed by atoms with Gasteiger partial charge in [0.2, 0.25) is 0 Å². The number of fused-ring (bicyclic) bond motifs is 1. The molecule has 0 saturated heterocycles. The molecule has 0 aliphatic carbocycles. The summed E-state index contributed by atoms with van der Waals surface area (Å²) >= 11 is 5.91.